The van der Waals surface area contributed by atoms with Crippen molar-refractivity contribution in [3.8, 4) is 0 Å². The van der Waals surface area contributed by atoms with E-state index < -0.39 is 6.03 Å². The van der Waals surface area contributed by atoms with Crippen LogP contribution in [0.2, 0.25) is 0 Å². The van der Waals surface area contributed by atoms with Crippen LogP contribution in [0.5, 0.6) is 0 Å². The highest BCUT2D eigenvalue weighted by atomic mass is 32.1. The van der Waals surface area contributed by atoms with Crippen molar-refractivity contribution in [1.82, 2.24) is 4.90 Å². The lowest BCUT2D eigenvalue weighted by Crippen LogP contribution is -2.33. The van der Waals surface area contributed by atoms with E-state index in [1.54, 1.807) is 18.4 Å². The second kappa shape index (κ2) is 3.79. The molecule has 3 nitrogen and oxygen atoms in total. The molecule has 0 aromatic carbocycles. The van der Waals surface area contributed by atoms with Gasteiger partial charge in [-0.05, 0) is 26.0 Å². The zero-order chi connectivity index (χ0) is 10.0. The van der Waals surface area contributed by atoms with Gasteiger partial charge in [-0.3, -0.25) is 0 Å². The summed E-state index contributed by atoms with van der Waals surface area (Å²) < 4.78 is 0. The van der Waals surface area contributed by atoms with Gasteiger partial charge in [-0.2, -0.15) is 0 Å². The number of amides is 2. The van der Waals surface area contributed by atoms with Crippen LogP contribution in [0.15, 0.2) is 12.1 Å². The van der Waals surface area contributed by atoms with Crippen molar-refractivity contribution in [1.29, 1.82) is 0 Å². The average molecular weight is 198 g/mol. The summed E-state index contributed by atoms with van der Waals surface area (Å²) >= 11 is 1.69. The Balaban J connectivity index is 2.78. The van der Waals surface area contributed by atoms with E-state index in [2.05, 4.69) is 0 Å². The summed E-state index contributed by atoms with van der Waals surface area (Å²) in [7, 11) is 1.71. The minimum Gasteiger partial charge on any atom is -0.351 e. The lowest BCUT2D eigenvalue weighted by molar-refractivity contribution is 0.205. The number of primary amides is 1. The number of nitrogens with two attached hydrogens (primary N) is 1. The van der Waals surface area contributed by atoms with Gasteiger partial charge in [-0.1, -0.05) is 0 Å². The Morgan fingerprint density at radius 1 is 1.62 bits per heavy atom. The molecule has 0 fully saturated rings. The minimum atomic E-state index is -0.390. The number of hydrogen-bond acceptors (Lipinski definition) is 2. The Morgan fingerprint density at radius 3 is 2.62 bits per heavy atom. The molecule has 1 rings (SSSR count). The van der Waals surface area contributed by atoms with E-state index in [0.29, 0.717) is 0 Å². The second-order valence-electron chi connectivity index (χ2n) is 3.07. The first-order valence-electron chi connectivity index (χ1n) is 4.11. The third-order valence-electron chi connectivity index (χ3n) is 2.10. The molecule has 2 amide bonds. The molecule has 72 valence electrons. The molecule has 0 saturated carbocycles. The third-order valence-corrected chi connectivity index (χ3v) is 3.27. The summed E-state index contributed by atoms with van der Waals surface area (Å²) in [5, 5.41) is 0. The fourth-order valence-electron chi connectivity index (χ4n) is 1.06. The molecular weight excluding hydrogens is 184 g/mol. The fourth-order valence-corrected chi connectivity index (χ4v) is 2.03. The van der Waals surface area contributed by atoms with Crippen molar-refractivity contribution in [2.24, 2.45) is 5.73 Å². The lowest BCUT2D eigenvalue weighted by atomic mass is 10.2. The monoisotopic (exact) mass is 198 g/mol. The van der Waals surface area contributed by atoms with Gasteiger partial charge >= 0.3 is 6.03 Å². The Labute approximate surface area is 82.2 Å². The molecule has 0 saturated heterocycles. The topological polar surface area (TPSA) is 46.3 Å². The molecule has 0 spiro atoms. The molecule has 1 aromatic heterocycles. The Morgan fingerprint density at radius 2 is 2.23 bits per heavy atom. The Hall–Kier alpha value is -1.03. The van der Waals surface area contributed by atoms with Crippen LogP contribution in [-0.2, 0) is 0 Å². The van der Waals surface area contributed by atoms with Gasteiger partial charge in [0.05, 0.1) is 6.04 Å². The van der Waals surface area contributed by atoms with Crippen LogP contribution in [-0.4, -0.2) is 18.0 Å². The SMILES string of the molecule is Cc1ccc(C(C)N(C)C(N)=O)s1. The van der Waals surface area contributed by atoms with E-state index in [1.807, 2.05) is 26.0 Å². The first kappa shape index (κ1) is 10.1. The maximum absolute atomic E-state index is 10.9. The molecule has 1 heterocycles. The van der Waals surface area contributed by atoms with Crippen LogP contribution in [0.3, 0.4) is 0 Å². The minimum absolute atomic E-state index is 0.0659. The Bertz CT molecular complexity index is 308. The van der Waals surface area contributed by atoms with Crippen molar-refractivity contribution >= 4 is 17.4 Å². The van der Waals surface area contributed by atoms with Gasteiger partial charge in [0.1, 0.15) is 0 Å². The first-order chi connectivity index (χ1) is 6.02. The summed E-state index contributed by atoms with van der Waals surface area (Å²) in [6.07, 6.45) is 0. The molecule has 1 unspecified atom stereocenters. The number of nitrogens with zero attached hydrogens (tertiary/aromatic N) is 1. The van der Waals surface area contributed by atoms with E-state index in [0.717, 1.165) is 0 Å². The predicted molar refractivity (Wildman–Crippen MR) is 54.8 cm³/mol. The number of rotatable bonds is 2. The van der Waals surface area contributed by atoms with Crippen LogP contribution in [0.1, 0.15) is 22.7 Å². The molecule has 0 aliphatic rings. The zero-order valence-corrected chi connectivity index (χ0v) is 8.89. The van der Waals surface area contributed by atoms with Crippen molar-refractivity contribution < 1.29 is 4.79 Å². The van der Waals surface area contributed by atoms with Gasteiger partial charge in [0.25, 0.3) is 0 Å². The number of carbonyl (C=O) groups is 1. The van der Waals surface area contributed by atoms with E-state index in [9.17, 15) is 4.79 Å². The van der Waals surface area contributed by atoms with Gasteiger partial charge < -0.3 is 10.6 Å². The van der Waals surface area contributed by atoms with E-state index in [4.69, 9.17) is 5.73 Å². The lowest BCUT2D eigenvalue weighted by Gasteiger charge is -2.21. The normalized spacial score (nSPS) is 12.5. The number of carbonyl (C=O) groups excluding carboxylic acids is 1. The van der Waals surface area contributed by atoms with Crippen molar-refractivity contribution in [3.05, 3.63) is 21.9 Å². The predicted octanol–water partition coefficient (Wildman–Crippen LogP) is 2.13. The Kier molecular flexibility index (Phi) is 2.93. The van der Waals surface area contributed by atoms with E-state index in [1.165, 1.54) is 14.7 Å². The molecule has 4 heteroatoms. The maximum Gasteiger partial charge on any atom is 0.315 e. The molecule has 2 N–H and O–H groups in total. The fraction of sp³-hybridized carbons (Fsp3) is 0.444. The molecule has 0 aliphatic heterocycles. The highest BCUT2D eigenvalue weighted by Gasteiger charge is 2.15. The van der Waals surface area contributed by atoms with Crippen molar-refractivity contribution in [2.45, 2.75) is 19.9 Å². The third kappa shape index (κ3) is 2.21. The number of urea groups is 1. The van der Waals surface area contributed by atoms with Gasteiger partial charge in [0, 0.05) is 16.8 Å². The van der Waals surface area contributed by atoms with Gasteiger partial charge in [0.2, 0.25) is 0 Å². The van der Waals surface area contributed by atoms with Gasteiger partial charge in [0.15, 0.2) is 0 Å². The van der Waals surface area contributed by atoms with E-state index >= 15 is 0 Å². The number of aryl methyl sites for hydroxylation is 1. The quantitative estimate of drug-likeness (QED) is 0.777. The van der Waals surface area contributed by atoms with Crippen LogP contribution in [0, 0.1) is 6.92 Å². The first-order valence-corrected chi connectivity index (χ1v) is 4.92. The van der Waals surface area contributed by atoms with Crippen molar-refractivity contribution in [2.75, 3.05) is 7.05 Å². The molecule has 1 aromatic rings. The van der Waals surface area contributed by atoms with E-state index in [-0.39, 0.29) is 6.04 Å². The highest BCUT2D eigenvalue weighted by Crippen LogP contribution is 2.25. The number of thiophene rings is 1. The zero-order valence-electron chi connectivity index (χ0n) is 8.07. The second-order valence-corrected chi connectivity index (χ2v) is 4.39. The molecule has 0 aliphatic carbocycles. The highest BCUT2D eigenvalue weighted by molar-refractivity contribution is 7.12. The smallest absolute Gasteiger partial charge is 0.315 e. The van der Waals surface area contributed by atoms with Gasteiger partial charge in [-0.25, -0.2) is 4.79 Å². The van der Waals surface area contributed by atoms with Crippen LogP contribution in [0.25, 0.3) is 0 Å². The molecular formula is C9H14N2OS. The van der Waals surface area contributed by atoms with Crippen molar-refractivity contribution in [3.63, 3.8) is 0 Å². The standard InChI is InChI=1S/C9H14N2OS/c1-6-4-5-8(13-6)7(2)11(3)9(10)12/h4-5,7H,1-3H3,(H2,10,12). The largest absolute Gasteiger partial charge is 0.351 e. The van der Waals surface area contributed by atoms with Crippen LogP contribution < -0.4 is 5.73 Å². The average Bonchev–Trinajstić information content (AvgIpc) is 2.49. The van der Waals surface area contributed by atoms with Crippen LogP contribution >= 0.6 is 11.3 Å². The summed E-state index contributed by atoms with van der Waals surface area (Å²) in [4.78, 5) is 14.8. The molecule has 0 bridgehead atoms. The summed E-state index contributed by atoms with van der Waals surface area (Å²) in [5.74, 6) is 0. The van der Waals surface area contributed by atoms with Crippen LogP contribution in [0.4, 0.5) is 4.79 Å². The maximum atomic E-state index is 10.9. The molecule has 13 heavy (non-hydrogen) atoms. The summed E-state index contributed by atoms with van der Waals surface area (Å²) in [6.45, 7) is 4.02. The molecule has 1 atom stereocenters. The molecule has 0 radical (unpaired) electrons. The number of hydrogen-bond donors (Lipinski definition) is 1. The summed E-state index contributed by atoms with van der Waals surface area (Å²) in [6, 6.07) is 3.75. The van der Waals surface area contributed by atoms with Gasteiger partial charge in [-0.15, -0.1) is 11.3 Å². The summed E-state index contributed by atoms with van der Waals surface area (Å²) in [5.41, 5.74) is 5.17.